The van der Waals surface area contributed by atoms with Gasteiger partial charge in [0.05, 0.1) is 6.54 Å². The molecule has 1 aromatic heterocycles. The molecule has 1 aromatic rings. The number of aromatic nitrogens is 2. The first kappa shape index (κ1) is 11.3. The highest BCUT2D eigenvalue weighted by molar-refractivity contribution is 4.90. The van der Waals surface area contributed by atoms with E-state index in [1.165, 1.54) is 0 Å². The SMILES string of the molecule is FC(F)(F)c1nc(CN2CCNCC2)no1. The molecule has 2 rings (SSSR count). The van der Waals surface area contributed by atoms with E-state index in [0.29, 0.717) is 6.54 Å². The Hall–Kier alpha value is -1.15. The molecular weight excluding hydrogens is 225 g/mol. The fourth-order valence-corrected chi connectivity index (χ4v) is 1.50. The summed E-state index contributed by atoms with van der Waals surface area (Å²) in [6.45, 7) is 3.49. The van der Waals surface area contributed by atoms with E-state index in [2.05, 4.69) is 20.0 Å². The smallest absolute Gasteiger partial charge is 0.329 e. The van der Waals surface area contributed by atoms with Gasteiger partial charge in [0, 0.05) is 26.2 Å². The fourth-order valence-electron chi connectivity index (χ4n) is 1.50. The lowest BCUT2D eigenvalue weighted by Crippen LogP contribution is -2.43. The summed E-state index contributed by atoms with van der Waals surface area (Å²) in [5.41, 5.74) is 0. The Morgan fingerprint density at radius 3 is 2.56 bits per heavy atom. The molecule has 0 spiro atoms. The van der Waals surface area contributed by atoms with E-state index < -0.39 is 12.1 Å². The maximum Gasteiger partial charge on any atom is 0.471 e. The van der Waals surface area contributed by atoms with Crippen molar-refractivity contribution in [2.75, 3.05) is 26.2 Å². The highest BCUT2D eigenvalue weighted by Gasteiger charge is 2.38. The van der Waals surface area contributed by atoms with Crippen LogP contribution < -0.4 is 5.32 Å². The van der Waals surface area contributed by atoms with Crippen LogP contribution in [0.1, 0.15) is 11.7 Å². The monoisotopic (exact) mass is 236 g/mol. The third-order valence-electron chi connectivity index (χ3n) is 2.29. The van der Waals surface area contributed by atoms with Crippen LogP contribution in [0, 0.1) is 0 Å². The van der Waals surface area contributed by atoms with E-state index in [1.54, 1.807) is 0 Å². The number of hydrogen-bond donors (Lipinski definition) is 1. The number of alkyl halides is 3. The molecular formula is C8H11F3N4O. The van der Waals surface area contributed by atoms with Crippen LogP contribution >= 0.6 is 0 Å². The third kappa shape index (κ3) is 2.70. The number of piperazine rings is 1. The van der Waals surface area contributed by atoms with Crippen LogP contribution in [-0.4, -0.2) is 41.2 Å². The molecule has 0 bridgehead atoms. The van der Waals surface area contributed by atoms with E-state index in [-0.39, 0.29) is 5.82 Å². The summed E-state index contributed by atoms with van der Waals surface area (Å²) in [5, 5.41) is 6.45. The highest BCUT2D eigenvalue weighted by Crippen LogP contribution is 2.27. The van der Waals surface area contributed by atoms with Crippen LogP contribution in [0.25, 0.3) is 0 Å². The average Bonchev–Trinajstić information content (AvgIpc) is 2.67. The predicted molar refractivity (Wildman–Crippen MR) is 47.4 cm³/mol. The number of rotatable bonds is 2. The Bertz CT molecular complexity index is 345. The number of nitrogens with one attached hydrogen (secondary N) is 1. The molecule has 0 saturated carbocycles. The summed E-state index contributed by atoms with van der Waals surface area (Å²) in [7, 11) is 0. The van der Waals surface area contributed by atoms with Gasteiger partial charge in [-0.3, -0.25) is 4.90 Å². The van der Waals surface area contributed by atoms with Gasteiger partial charge in [0.25, 0.3) is 0 Å². The molecule has 1 saturated heterocycles. The Morgan fingerprint density at radius 2 is 2.00 bits per heavy atom. The van der Waals surface area contributed by atoms with Gasteiger partial charge in [-0.15, -0.1) is 0 Å². The van der Waals surface area contributed by atoms with Crippen molar-refractivity contribution in [3.05, 3.63) is 11.7 Å². The summed E-state index contributed by atoms with van der Waals surface area (Å²) in [6, 6.07) is 0. The molecule has 16 heavy (non-hydrogen) atoms. The van der Waals surface area contributed by atoms with E-state index in [1.807, 2.05) is 4.90 Å². The molecule has 0 unspecified atom stereocenters. The van der Waals surface area contributed by atoms with Crippen molar-refractivity contribution >= 4 is 0 Å². The van der Waals surface area contributed by atoms with Crippen molar-refractivity contribution in [2.45, 2.75) is 12.7 Å². The third-order valence-corrected chi connectivity index (χ3v) is 2.29. The minimum absolute atomic E-state index is 0.0780. The Labute approximate surface area is 89.6 Å². The molecule has 2 heterocycles. The zero-order valence-electron chi connectivity index (χ0n) is 8.42. The second kappa shape index (κ2) is 4.38. The molecule has 0 atom stereocenters. The summed E-state index contributed by atoms with van der Waals surface area (Å²) in [4.78, 5) is 5.28. The first-order valence-electron chi connectivity index (χ1n) is 4.88. The lowest BCUT2D eigenvalue weighted by atomic mass is 10.3. The minimum Gasteiger partial charge on any atom is -0.329 e. The summed E-state index contributed by atoms with van der Waals surface area (Å²) in [6.07, 6.45) is -4.56. The molecule has 1 aliphatic heterocycles. The summed E-state index contributed by atoms with van der Waals surface area (Å²) in [5.74, 6) is -1.20. The minimum atomic E-state index is -4.56. The first-order chi connectivity index (χ1) is 7.55. The maximum absolute atomic E-state index is 12.2. The fraction of sp³-hybridized carbons (Fsp3) is 0.750. The van der Waals surface area contributed by atoms with Crippen molar-refractivity contribution < 1.29 is 17.7 Å². The average molecular weight is 236 g/mol. The molecule has 1 aliphatic rings. The van der Waals surface area contributed by atoms with Crippen molar-refractivity contribution in [3.8, 4) is 0 Å². The van der Waals surface area contributed by atoms with Crippen LogP contribution in [0.2, 0.25) is 0 Å². The first-order valence-corrected chi connectivity index (χ1v) is 4.88. The van der Waals surface area contributed by atoms with Crippen molar-refractivity contribution in [1.82, 2.24) is 20.4 Å². The standard InChI is InChI=1S/C8H11F3N4O/c9-8(10,11)7-13-6(14-16-7)5-15-3-1-12-2-4-15/h12H,1-5H2. The van der Waals surface area contributed by atoms with Gasteiger partial charge in [-0.2, -0.15) is 18.2 Å². The molecule has 0 amide bonds. The summed E-state index contributed by atoms with van der Waals surface area (Å²) < 4.78 is 40.6. The Morgan fingerprint density at radius 1 is 1.31 bits per heavy atom. The maximum atomic E-state index is 12.2. The van der Waals surface area contributed by atoms with Crippen molar-refractivity contribution in [1.29, 1.82) is 0 Å². The second-order valence-electron chi connectivity index (χ2n) is 3.54. The quantitative estimate of drug-likeness (QED) is 0.810. The molecule has 5 nitrogen and oxygen atoms in total. The molecule has 1 fully saturated rings. The topological polar surface area (TPSA) is 54.2 Å². The van der Waals surface area contributed by atoms with Gasteiger partial charge in [-0.05, 0) is 0 Å². The van der Waals surface area contributed by atoms with Gasteiger partial charge in [-0.25, -0.2) is 0 Å². The molecule has 0 aromatic carbocycles. The molecule has 90 valence electrons. The zero-order chi connectivity index (χ0) is 11.6. The van der Waals surface area contributed by atoms with Gasteiger partial charge in [-0.1, -0.05) is 5.16 Å². The van der Waals surface area contributed by atoms with Crippen molar-refractivity contribution in [2.24, 2.45) is 0 Å². The molecule has 0 aliphatic carbocycles. The van der Waals surface area contributed by atoms with Crippen LogP contribution in [-0.2, 0) is 12.7 Å². The molecule has 0 radical (unpaired) electrons. The van der Waals surface area contributed by atoms with Crippen LogP contribution in [0.5, 0.6) is 0 Å². The van der Waals surface area contributed by atoms with E-state index in [4.69, 9.17) is 0 Å². The lowest BCUT2D eigenvalue weighted by Gasteiger charge is -2.25. The van der Waals surface area contributed by atoms with Gasteiger partial charge in [0.1, 0.15) is 0 Å². The number of halogens is 3. The van der Waals surface area contributed by atoms with E-state index in [0.717, 1.165) is 26.2 Å². The van der Waals surface area contributed by atoms with E-state index >= 15 is 0 Å². The lowest BCUT2D eigenvalue weighted by molar-refractivity contribution is -0.159. The number of hydrogen-bond acceptors (Lipinski definition) is 5. The predicted octanol–water partition coefficient (Wildman–Crippen LogP) is 0.494. The summed E-state index contributed by atoms with van der Waals surface area (Å²) >= 11 is 0. The largest absolute Gasteiger partial charge is 0.471 e. The van der Waals surface area contributed by atoms with Crippen LogP contribution in [0.3, 0.4) is 0 Å². The van der Waals surface area contributed by atoms with Crippen LogP contribution in [0.4, 0.5) is 13.2 Å². The second-order valence-corrected chi connectivity index (χ2v) is 3.54. The normalized spacial score (nSPS) is 18.9. The Balaban J connectivity index is 1.97. The zero-order valence-corrected chi connectivity index (χ0v) is 8.42. The van der Waals surface area contributed by atoms with Gasteiger partial charge < -0.3 is 9.84 Å². The van der Waals surface area contributed by atoms with Crippen LogP contribution in [0.15, 0.2) is 4.52 Å². The van der Waals surface area contributed by atoms with Gasteiger partial charge in [0.15, 0.2) is 5.82 Å². The number of nitrogens with zero attached hydrogens (tertiary/aromatic N) is 3. The van der Waals surface area contributed by atoms with Gasteiger partial charge in [0.2, 0.25) is 0 Å². The van der Waals surface area contributed by atoms with Gasteiger partial charge >= 0.3 is 12.1 Å². The molecule has 8 heteroatoms. The van der Waals surface area contributed by atoms with Crippen molar-refractivity contribution in [3.63, 3.8) is 0 Å². The van der Waals surface area contributed by atoms with E-state index in [9.17, 15) is 13.2 Å². The highest BCUT2D eigenvalue weighted by atomic mass is 19.4. The molecule has 1 N–H and O–H groups in total. The Kier molecular flexibility index (Phi) is 3.10.